The van der Waals surface area contributed by atoms with Crippen LogP contribution in [-0.2, 0) is 0 Å². The number of carbonyl (C=O) groups excluding carboxylic acids is 1. The second-order valence-electron chi connectivity index (χ2n) is 7.08. The molecule has 2 aliphatic rings. The maximum absolute atomic E-state index is 12.3. The van der Waals surface area contributed by atoms with Gasteiger partial charge in [0.25, 0.3) is 5.79 Å². The van der Waals surface area contributed by atoms with Gasteiger partial charge >= 0.3 is 6.03 Å². The monoisotopic (exact) mass is 368 g/mol. The third-order valence-electron chi connectivity index (χ3n) is 5.10. The largest absolute Gasteiger partial charge is 0.448 e. The van der Waals surface area contributed by atoms with Crippen molar-refractivity contribution >= 4 is 11.7 Å². The number of benzene rings is 2. The fourth-order valence-corrected chi connectivity index (χ4v) is 3.71. The third-order valence-corrected chi connectivity index (χ3v) is 5.10. The van der Waals surface area contributed by atoms with Gasteiger partial charge in [-0.25, -0.2) is 4.79 Å². The van der Waals surface area contributed by atoms with Crippen molar-refractivity contribution in [3.05, 3.63) is 54.1 Å². The number of aliphatic hydroxyl groups is 1. The normalized spacial score (nSPS) is 18.1. The Hall–Kier alpha value is -2.73. The van der Waals surface area contributed by atoms with Gasteiger partial charge in [0.1, 0.15) is 0 Å². The molecule has 1 atom stereocenters. The summed E-state index contributed by atoms with van der Waals surface area (Å²) in [4.78, 5) is 12.3. The van der Waals surface area contributed by atoms with Gasteiger partial charge in [-0.1, -0.05) is 36.8 Å². The van der Waals surface area contributed by atoms with Crippen molar-refractivity contribution in [2.45, 2.75) is 43.9 Å². The molecule has 4 rings (SSSR count). The lowest BCUT2D eigenvalue weighted by Gasteiger charge is -2.31. The van der Waals surface area contributed by atoms with Gasteiger partial charge in [-0.3, -0.25) is 0 Å². The van der Waals surface area contributed by atoms with Crippen LogP contribution >= 0.6 is 0 Å². The molecule has 1 spiro atoms. The minimum Gasteiger partial charge on any atom is -0.448 e. The van der Waals surface area contributed by atoms with Crippen LogP contribution in [0.25, 0.3) is 0 Å². The van der Waals surface area contributed by atoms with Gasteiger partial charge in [0.15, 0.2) is 11.5 Å². The predicted molar refractivity (Wildman–Crippen MR) is 102 cm³/mol. The summed E-state index contributed by atoms with van der Waals surface area (Å²) in [5.41, 5.74) is 1.47. The van der Waals surface area contributed by atoms with Crippen molar-refractivity contribution in [1.82, 2.24) is 5.32 Å². The summed E-state index contributed by atoms with van der Waals surface area (Å²) < 4.78 is 12.1. The molecular weight excluding hydrogens is 344 g/mol. The first kappa shape index (κ1) is 17.7. The summed E-state index contributed by atoms with van der Waals surface area (Å²) >= 11 is 0. The zero-order valence-electron chi connectivity index (χ0n) is 15.1. The van der Waals surface area contributed by atoms with E-state index in [0.717, 1.165) is 37.0 Å². The van der Waals surface area contributed by atoms with Crippen LogP contribution in [0.15, 0.2) is 48.5 Å². The molecular formula is C21H24N2O4. The highest BCUT2D eigenvalue weighted by Crippen LogP contribution is 2.46. The van der Waals surface area contributed by atoms with Crippen LogP contribution in [-0.4, -0.2) is 23.5 Å². The second kappa shape index (κ2) is 7.48. The van der Waals surface area contributed by atoms with E-state index in [4.69, 9.17) is 9.47 Å². The first-order valence-corrected chi connectivity index (χ1v) is 9.43. The van der Waals surface area contributed by atoms with Crippen molar-refractivity contribution in [2.24, 2.45) is 0 Å². The average molecular weight is 368 g/mol. The lowest BCUT2D eigenvalue weighted by Crippen LogP contribution is -2.40. The van der Waals surface area contributed by atoms with Crippen molar-refractivity contribution in [3.63, 3.8) is 0 Å². The fourth-order valence-electron chi connectivity index (χ4n) is 3.71. The molecule has 6 nitrogen and oxygen atoms in total. The van der Waals surface area contributed by atoms with Crippen LogP contribution in [0.3, 0.4) is 0 Å². The Morgan fingerprint density at radius 2 is 1.78 bits per heavy atom. The zero-order chi connectivity index (χ0) is 18.7. The predicted octanol–water partition coefficient (Wildman–Crippen LogP) is 3.97. The smallest absolute Gasteiger partial charge is 0.319 e. The summed E-state index contributed by atoms with van der Waals surface area (Å²) in [6, 6.07) is 13.9. The first-order chi connectivity index (χ1) is 13.2. The van der Waals surface area contributed by atoms with Gasteiger partial charge in [-0.15, -0.1) is 0 Å². The van der Waals surface area contributed by atoms with E-state index in [2.05, 4.69) is 10.6 Å². The molecule has 1 heterocycles. The Kier molecular flexibility index (Phi) is 4.90. The first-order valence-electron chi connectivity index (χ1n) is 9.43. The molecule has 1 aliphatic heterocycles. The maximum atomic E-state index is 12.3. The van der Waals surface area contributed by atoms with Gasteiger partial charge in [-0.2, -0.15) is 0 Å². The van der Waals surface area contributed by atoms with E-state index in [1.807, 2.05) is 36.4 Å². The molecule has 27 heavy (non-hydrogen) atoms. The SMILES string of the molecule is O=C(Nc1ccc2c(c1)OC1(CCCCC1)O2)N[C@H](CO)c1ccccc1. The molecule has 1 fully saturated rings. The number of hydrogen-bond acceptors (Lipinski definition) is 4. The highest BCUT2D eigenvalue weighted by Gasteiger charge is 2.42. The van der Waals surface area contributed by atoms with Crippen LogP contribution in [0.1, 0.15) is 43.7 Å². The number of ether oxygens (including phenoxy) is 2. The standard InChI is InChI=1S/C21H24N2O4/c24-14-17(15-7-3-1-4-8-15)23-20(25)22-16-9-10-18-19(13-16)27-21(26-18)11-5-2-6-12-21/h1,3-4,7-10,13,17,24H,2,5-6,11-12,14H2,(H2,22,23,25)/t17-/m1/s1. The number of anilines is 1. The van der Waals surface area contributed by atoms with Gasteiger partial charge < -0.3 is 25.2 Å². The number of nitrogens with one attached hydrogen (secondary N) is 2. The molecule has 6 heteroatoms. The number of carbonyl (C=O) groups is 1. The molecule has 0 radical (unpaired) electrons. The second-order valence-corrected chi connectivity index (χ2v) is 7.08. The number of fused-ring (bicyclic) bond motifs is 1. The number of urea groups is 1. The van der Waals surface area contributed by atoms with E-state index in [1.54, 1.807) is 12.1 Å². The van der Waals surface area contributed by atoms with Crippen LogP contribution in [0.4, 0.5) is 10.5 Å². The molecule has 0 bridgehead atoms. The Morgan fingerprint density at radius 3 is 2.52 bits per heavy atom. The van der Waals surface area contributed by atoms with E-state index in [9.17, 15) is 9.90 Å². The molecule has 0 aromatic heterocycles. The van der Waals surface area contributed by atoms with Gasteiger partial charge in [0.05, 0.1) is 12.6 Å². The fraction of sp³-hybridized carbons (Fsp3) is 0.381. The minimum absolute atomic E-state index is 0.179. The number of rotatable bonds is 4. The Morgan fingerprint density at radius 1 is 1.04 bits per heavy atom. The summed E-state index contributed by atoms with van der Waals surface area (Å²) in [5, 5.41) is 15.2. The van der Waals surface area contributed by atoms with E-state index in [0.29, 0.717) is 11.4 Å². The van der Waals surface area contributed by atoms with E-state index in [-0.39, 0.29) is 12.6 Å². The molecule has 2 aromatic carbocycles. The summed E-state index contributed by atoms with van der Waals surface area (Å²) in [7, 11) is 0. The molecule has 3 N–H and O–H groups in total. The quantitative estimate of drug-likeness (QED) is 0.763. The topological polar surface area (TPSA) is 79.8 Å². The van der Waals surface area contributed by atoms with E-state index >= 15 is 0 Å². The zero-order valence-corrected chi connectivity index (χ0v) is 15.1. The highest BCUT2D eigenvalue weighted by molar-refractivity contribution is 5.90. The minimum atomic E-state index is -0.531. The molecule has 0 saturated heterocycles. The van der Waals surface area contributed by atoms with Crippen molar-refractivity contribution in [3.8, 4) is 11.5 Å². The van der Waals surface area contributed by atoms with E-state index in [1.165, 1.54) is 6.42 Å². The summed E-state index contributed by atoms with van der Waals surface area (Å²) in [6.07, 6.45) is 5.19. The molecule has 1 saturated carbocycles. The van der Waals surface area contributed by atoms with Gasteiger partial charge in [0, 0.05) is 24.6 Å². The van der Waals surface area contributed by atoms with Crippen LogP contribution in [0.2, 0.25) is 0 Å². The number of amides is 2. The van der Waals surface area contributed by atoms with Crippen LogP contribution < -0.4 is 20.1 Å². The lowest BCUT2D eigenvalue weighted by atomic mass is 9.94. The molecule has 2 aromatic rings. The molecule has 2 amide bonds. The molecule has 0 unspecified atom stereocenters. The van der Waals surface area contributed by atoms with Crippen molar-refractivity contribution in [1.29, 1.82) is 0 Å². The molecule has 142 valence electrons. The Balaban J connectivity index is 1.40. The highest BCUT2D eigenvalue weighted by atomic mass is 16.7. The number of aliphatic hydroxyl groups excluding tert-OH is 1. The third kappa shape index (κ3) is 3.85. The average Bonchev–Trinajstić information content (AvgIpc) is 3.03. The van der Waals surface area contributed by atoms with E-state index < -0.39 is 11.8 Å². The lowest BCUT2D eigenvalue weighted by molar-refractivity contribution is -0.105. The van der Waals surface area contributed by atoms with Crippen molar-refractivity contribution in [2.75, 3.05) is 11.9 Å². The molecule has 1 aliphatic carbocycles. The Bertz CT molecular complexity index is 803. The maximum Gasteiger partial charge on any atom is 0.319 e. The van der Waals surface area contributed by atoms with Gasteiger partial charge in [-0.05, 0) is 30.5 Å². The summed E-state index contributed by atoms with van der Waals surface area (Å²) in [5.74, 6) is 0.855. The van der Waals surface area contributed by atoms with Crippen LogP contribution in [0, 0.1) is 0 Å². The number of hydrogen-bond donors (Lipinski definition) is 3. The van der Waals surface area contributed by atoms with Crippen molar-refractivity contribution < 1.29 is 19.4 Å². The Labute approximate surface area is 158 Å². The van der Waals surface area contributed by atoms with Gasteiger partial charge in [0.2, 0.25) is 0 Å². The summed E-state index contributed by atoms with van der Waals surface area (Å²) in [6.45, 7) is -0.179. The van der Waals surface area contributed by atoms with Crippen LogP contribution in [0.5, 0.6) is 11.5 Å².